The van der Waals surface area contributed by atoms with Crippen LogP contribution in [-0.4, -0.2) is 15.9 Å². The zero-order chi connectivity index (χ0) is 11.7. The molecule has 2 aromatic rings. The maximum atomic E-state index is 11.8. The van der Waals surface area contributed by atoms with Crippen LogP contribution in [0.4, 0.5) is 0 Å². The Bertz CT molecular complexity index is 539. The van der Waals surface area contributed by atoms with Crippen LogP contribution in [0.15, 0.2) is 29.2 Å². The summed E-state index contributed by atoms with van der Waals surface area (Å²) >= 11 is 1.38. The number of fused-ring (bicyclic) bond motifs is 1. The number of pyridine rings is 1. The molecule has 1 aliphatic carbocycles. The molecule has 0 unspecified atom stereocenters. The Morgan fingerprint density at radius 3 is 3.24 bits per heavy atom. The van der Waals surface area contributed by atoms with Gasteiger partial charge >= 0.3 is 5.97 Å². The van der Waals surface area contributed by atoms with Gasteiger partial charge in [0.05, 0.1) is 11.2 Å². The summed E-state index contributed by atoms with van der Waals surface area (Å²) in [4.78, 5) is 20.0. The first-order chi connectivity index (χ1) is 8.34. The van der Waals surface area contributed by atoms with Gasteiger partial charge in [0.1, 0.15) is 6.10 Å². The number of hydrogen-bond donors (Lipinski definition) is 0. The third kappa shape index (κ3) is 1.93. The van der Waals surface area contributed by atoms with Crippen molar-refractivity contribution in [2.75, 3.05) is 0 Å². The number of carbonyl (C=O) groups is 1. The van der Waals surface area contributed by atoms with E-state index < -0.39 is 0 Å². The molecule has 0 N–H and O–H groups in total. The van der Waals surface area contributed by atoms with E-state index in [2.05, 4.69) is 9.97 Å². The first-order valence-electron chi connectivity index (χ1n) is 5.37. The summed E-state index contributed by atoms with van der Waals surface area (Å²) in [5.74, 6) is -0.366. The normalized spacial score (nSPS) is 17.8. The smallest absolute Gasteiger partial charge is 0.358 e. The predicted octanol–water partition coefficient (Wildman–Crippen LogP) is 2.38. The van der Waals surface area contributed by atoms with Crippen molar-refractivity contribution in [3.8, 4) is 0 Å². The summed E-state index contributed by atoms with van der Waals surface area (Å²) < 4.78 is 5.42. The summed E-state index contributed by atoms with van der Waals surface area (Å²) in [6.45, 7) is 0. The number of carbonyl (C=O) groups excluding carboxylic acids is 1. The fourth-order valence-corrected chi connectivity index (χ4v) is 2.51. The van der Waals surface area contributed by atoms with Crippen LogP contribution in [0.2, 0.25) is 0 Å². The average molecular weight is 246 g/mol. The molecule has 1 atom stereocenters. The Kier molecular flexibility index (Phi) is 2.60. The molecule has 2 heterocycles. The van der Waals surface area contributed by atoms with Crippen LogP contribution in [0.1, 0.15) is 34.3 Å². The number of rotatable bonds is 2. The summed E-state index contributed by atoms with van der Waals surface area (Å²) in [6.07, 6.45) is 3.23. The number of nitrogens with zero attached hydrogens (tertiary/aromatic N) is 2. The van der Waals surface area contributed by atoms with Gasteiger partial charge in [-0.1, -0.05) is 6.07 Å². The van der Waals surface area contributed by atoms with Gasteiger partial charge in [0.15, 0.2) is 5.69 Å². The lowest BCUT2D eigenvalue weighted by Crippen LogP contribution is -2.10. The monoisotopic (exact) mass is 246 g/mol. The Labute approximate surface area is 102 Å². The number of aromatic nitrogens is 2. The van der Waals surface area contributed by atoms with Crippen LogP contribution >= 0.6 is 11.3 Å². The highest BCUT2D eigenvalue weighted by atomic mass is 32.1. The lowest BCUT2D eigenvalue weighted by atomic mass is 10.2. The van der Waals surface area contributed by atoms with Gasteiger partial charge in [0.2, 0.25) is 0 Å². The SMILES string of the molecule is O=C(O[C@H]1CCc2cccnc21)c1cscn1. The van der Waals surface area contributed by atoms with Gasteiger partial charge in [-0.3, -0.25) is 4.98 Å². The van der Waals surface area contributed by atoms with Gasteiger partial charge in [-0.05, 0) is 24.5 Å². The van der Waals surface area contributed by atoms with Crippen molar-refractivity contribution in [2.24, 2.45) is 0 Å². The molecule has 86 valence electrons. The number of ether oxygens (including phenoxy) is 1. The van der Waals surface area contributed by atoms with Gasteiger partial charge in [0, 0.05) is 11.6 Å². The molecule has 0 spiro atoms. The van der Waals surface area contributed by atoms with E-state index in [4.69, 9.17) is 4.74 Å². The number of thiazole rings is 1. The molecule has 3 rings (SSSR count). The first-order valence-corrected chi connectivity index (χ1v) is 6.32. The predicted molar refractivity (Wildman–Crippen MR) is 62.8 cm³/mol. The minimum Gasteiger partial charge on any atom is -0.451 e. The van der Waals surface area contributed by atoms with Crippen molar-refractivity contribution in [3.05, 3.63) is 46.2 Å². The van der Waals surface area contributed by atoms with Gasteiger partial charge < -0.3 is 4.74 Å². The number of hydrogen-bond acceptors (Lipinski definition) is 5. The molecule has 0 bridgehead atoms. The number of aryl methyl sites for hydroxylation is 1. The minimum atomic E-state index is -0.366. The molecular formula is C12H10N2O2S. The summed E-state index contributed by atoms with van der Waals surface area (Å²) in [7, 11) is 0. The second-order valence-electron chi connectivity index (χ2n) is 3.85. The molecule has 1 aliphatic rings. The molecule has 0 aliphatic heterocycles. The van der Waals surface area contributed by atoms with E-state index >= 15 is 0 Å². The molecular weight excluding hydrogens is 236 g/mol. The lowest BCUT2D eigenvalue weighted by molar-refractivity contribution is 0.0286. The highest BCUT2D eigenvalue weighted by molar-refractivity contribution is 7.07. The highest BCUT2D eigenvalue weighted by Gasteiger charge is 2.27. The highest BCUT2D eigenvalue weighted by Crippen LogP contribution is 2.32. The maximum Gasteiger partial charge on any atom is 0.358 e. The minimum absolute atomic E-state index is 0.222. The van der Waals surface area contributed by atoms with Crippen molar-refractivity contribution in [1.29, 1.82) is 0 Å². The van der Waals surface area contributed by atoms with Crippen LogP contribution in [0.5, 0.6) is 0 Å². The van der Waals surface area contributed by atoms with Crippen molar-refractivity contribution in [3.63, 3.8) is 0 Å². The van der Waals surface area contributed by atoms with Crippen LogP contribution in [-0.2, 0) is 11.2 Å². The number of esters is 1. The Morgan fingerprint density at radius 2 is 2.41 bits per heavy atom. The fraction of sp³-hybridized carbons (Fsp3) is 0.250. The summed E-state index contributed by atoms with van der Waals surface area (Å²) in [5.41, 5.74) is 4.05. The second-order valence-corrected chi connectivity index (χ2v) is 4.57. The van der Waals surface area contributed by atoms with E-state index in [-0.39, 0.29) is 12.1 Å². The summed E-state index contributed by atoms with van der Waals surface area (Å²) in [5, 5.41) is 1.69. The van der Waals surface area contributed by atoms with Gasteiger partial charge in [-0.15, -0.1) is 11.3 Å². The van der Waals surface area contributed by atoms with E-state index in [1.165, 1.54) is 16.9 Å². The van der Waals surface area contributed by atoms with E-state index in [1.54, 1.807) is 17.1 Å². The maximum absolute atomic E-state index is 11.8. The third-order valence-electron chi connectivity index (χ3n) is 2.80. The standard InChI is InChI=1S/C12H10N2O2S/c15-12(9-6-17-7-14-9)16-10-4-3-8-2-1-5-13-11(8)10/h1-2,5-7,10H,3-4H2/t10-/m0/s1. The largest absolute Gasteiger partial charge is 0.451 e. The van der Waals surface area contributed by atoms with Crippen molar-refractivity contribution in [2.45, 2.75) is 18.9 Å². The van der Waals surface area contributed by atoms with Crippen LogP contribution in [0, 0.1) is 0 Å². The lowest BCUT2D eigenvalue weighted by Gasteiger charge is -2.11. The first kappa shape index (κ1) is 10.4. The van der Waals surface area contributed by atoms with Gasteiger partial charge in [-0.25, -0.2) is 9.78 Å². The zero-order valence-electron chi connectivity index (χ0n) is 9.00. The second kappa shape index (κ2) is 4.25. The Morgan fingerprint density at radius 1 is 1.47 bits per heavy atom. The Hall–Kier alpha value is -1.75. The van der Waals surface area contributed by atoms with Crippen LogP contribution in [0.25, 0.3) is 0 Å². The summed E-state index contributed by atoms with van der Waals surface area (Å²) in [6, 6.07) is 3.93. The van der Waals surface area contributed by atoms with E-state index in [0.29, 0.717) is 5.69 Å². The molecule has 0 saturated heterocycles. The van der Waals surface area contributed by atoms with Gasteiger partial charge in [-0.2, -0.15) is 0 Å². The van der Waals surface area contributed by atoms with Crippen molar-refractivity contribution in [1.82, 2.24) is 9.97 Å². The van der Waals surface area contributed by atoms with E-state index in [1.807, 2.05) is 12.1 Å². The fourth-order valence-electron chi connectivity index (χ4n) is 1.99. The molecule has 0 aromatic carbocycles. The molecule has 5 heteroatoms. The third-order valence-corrected chi connectivity index (χ3v) is 3.38. The van der Waals surface area contributed by atoms with Crippen LogP contribution in [0.3, 0.4) is 0 Å². The Balaban J connectivity index is 1.78. The van der Waals surface area contributed by atoms with Gasteiger partial charge in [0.25, 0.3) is 0 Å². The topological polar surface area (TPSA) is 52.1 Å². The molecule has 17 heavy (non-hydrogen) atoms. The van der Waals surface area contributed by atoms with Crippen LogP contribution < -0.4 is 0 Å². The molecule has 2 aromatic heterocycles. The molecule has 0 saturated carbocycles. The zero-order valence-corrected chi connectivity index (χ0v) is 9.81. The molecule has 0 fully saturated rings. The molecule has 0 radical (unpaired) electrons. The van der Waals surface area contributed by atoms with Crippen molar-refractivity contribution >= 4 is 17.3 Å². The van der Waals surface area contributed by atoms with Crippen molar-refractivity contribution < 1.29 is 9.53 Å². The quantitative estimate of drug-likeness (QED) is 0.763. The molecule has 0 amide bonds. The molecule has 4 nitrogen and oxygen atoms in total. The average Bonchev–Trinajstić information content (AvgIpc) is 2.98. The van der Waals surface area contributed by atoms with E-state index in [9.17, 15) is 4.79 Å². The van der Waals surface area contributed by atoms with E-state index in [0.717, 1.165) is 18.5 Å².